The van der Waals surface area contributed by atoms with Gasteiger partial charge in [0.1, 0.15) is 0 Å². The molecule has 1 heteroatoms. The van der Waals surface area contributed by atoms with Crippen molar-refractivity contribution in [2.24, 2.45) is 0 Å². The Labute approximate surface area is 281 Å². The molecule has 1 nitrogen and oxygen atoms in total. The molecule has 8 aromatic carbocycles. The van der Waals surface area contributed by atoms with Gasteiger partial charge in [-0.15, -0.1) is 0 Å². The minimum atomic E-state index is 0.667. The molecule has 0 amide bonds. The van der Waals surface area contributed by atoms with Gasteiger partial charge in [-0.3, -0.25) is 0 Å². The lowest BCUT2D eigenvalue weighted by Gasteiger charge is -2.15. The van der Waals surface area contributed by atoms with Crippen LogP contribution < -0.4 is 0 Å². The van der Waals surface area contributed by atoms with Crippen LogP contribution in [-0.2, 0) is 0 Å². The van der Waals surface area contributed by atoms with Crippen LogP contribution in [0.5, 0.6) is 0 Å². The zero-order valence-electron chi connectivity index (χ0n) is 26.3. The minimum Gasteiger partial charge on any atom is -0.192 e. The fraction of sp³-hybridized carbons (Fsp3) is 0. The van der Waals surface area contributed by atoms with Crippen molar-refractivity contribution in [3.05, 3.63) is 194 Å². The number of nitrogens with zero attached hydrogens (tertiary/aromatic N) is 1. The van der Waals surface area contributed by atoms with Crippen molar-refractivity contribution in [2.75, 3.05) is 0 Å². The van der Waals surface area contributed by atoms with Crippen LogP contribution in [-0.4, -0.2) is 0 Å². The highest BCUT2D eigenvalue weighted by Crippen LogP contribution is 2.39. The van der Waals surface area contributed by atoms with E-state index in [0.717, 1.165) is 11.1 Å². The molecule has 0 bridgehead atoms. The van der Waals surface area contributed by atoms with Crippen molar-refractivity contribution in [1.82, 2.24) is 0 Å². The first kappa shape index (κ1) is 28.9. The maximum Gasteiger partial charge on any atom is 0.0991 e. The molecule has 0 radical (unpaired) electrons. The molecule has 8 aromatic rings. The SMILES string of the molecule is N#Cc1ccc(-c2ccc(-c3cccc(-c4cc(-c5ccccc5)cc(-c5ccc(-c6ccccc6)cc5)c4)c3)c3ccccc23)cc1. The summed E-state index contributed by atoms with van der Waals surface area (Å²) in [5.74, 6) is 0. The maximum absolute atomic E-state index is 9.28. The van der Waals surface area contributed by atoms with Gasteiger partial charge < -0.3 is 0 Å². The first-order valence-electron chi connectivity index (χ1n) is 16.2. The molecule has 0 spiro atoms. The quantitative estimate of drug-likeness (QED) is 0.184. The average Bonchev–Trinajstić information content (AvgIpc) is 3.18. The van der Waals surface area contributed by atoms with Crippen LogP contribution in [0.15, 0.2) is 188 Å². The predicted octanol–water partition coefficient (Wildman–Crippen LogP) is 12.7. The zero-order valence-corrected chi connectivity index (χ0v) is 26.3. The number of hydrogen-bond acceptors (Lipinski definition) is 1. The van der Waals surface area contributed by atoms with Gasteiger partial charge in [0.2, 0.25) is 0 Å². The Kier molecular flexibility index (Phi) is 7.67. The second-order valence-corrected chi connectivity index (χ2v) is 12.1. The molecule has 48 heavy (non-hydrogen) atoms. The van der Waals surface area contributed by atoms with Gasteiger partial charge in [-0.05, 0) is 114 Å². The molecule has 0 N–H and O–H groups in total. The van der Waals surface area contributed by atoms with Gasteiger partial charge in [0, 0.05) is 0 Å². The summed E-state index contributed by atoms with van der Waals surface area (Å²) in [5.41, 5.74) is 14.9. The molecule has 8 rings (SSSR count). The Hall–Kier alpha value is -6.49. The Balaban J connectivity index is 1.22. The fourth-order valence-electron chi connectivity index (χ4n) is 6.64. The number of nitriles is 1. The van der Waals surface area contributed by atoms with Crippen molar-refractivity contribution in [3.8, 4) is 72.8 Å². The second-order valence-electron chi connectivity index (χ2n) is 12.1. The van der Waals surface area contributed by atoms with E-state index < -0.39 is 0 Å². The van der Waals surface area contributed by atoms with Crippen molar-refractivity contribution < 1.29 is 0 Å². The van der Waals surface area contributed by atoms with Crippen molar-refractivity contribution >= 4 is 10.8 Å². The highest BCUT2D eigenvalue weighted by Gasteiger charge is 2.12. The van der Waals surface area contributed by atoms with Crippen LogP contribution in [0.25, 0.3) is 77.5 Å². The number of benzene rings is 8. The normalized spacial score (nSPS) is 10.9. The predicted molar refractivity (Wildman–Crippen MR) is 201 cm³/mol. The Morgan fingerprint density at radius 1 is 0.271 bits per heavy atom. The third kappa shape index (κ3) is 5.69. The summed E-state index contributed by atoms with van der Waals surface area (Å²) in [6, 6.07) is 69.0. The molecule has 0 unspecified atom stereocenters. The van der Waals surface area contributed by atoms with E-state index in [1.165, 1.54) is 66.4 Å². The van der Waals surface area contributed by atoms with Gasteiger partial charge in [0.15, 0.2) is 0 Å². The Bertz CT molecular complexity index is 2420. The van der Waals surface area contributed by atoms with Crippen molar-refractivity contribution in [2.45, 2.75) is 0 Å². The average molecular weight is 610 g/mol. The minimum absolute atomic E-state index is 0.667. The Morgan fingerprint density at radius 3 is 1.21 bits per heavy atom. The van der Waals surface area contributed by atoms with E-state index in [1.807, 2.05) is 24.3 Å². The van der Waals surface area contributed by atoms with Crippen LogP contribution in [0.3, 0.4) is 0 Å². The largest absolute Gasteiger partial charge is 0.192 e. The summed E-state index contributed by atoms with van der Waals surface area (Å²) in [7, 11) is 0. The van der Waals surface area contributed by atoms with Gasteiger partial charge in [0.25, 0.3) is 0 Å². The molecule has 0 saturated carbocycles. The first-order valence-corrected chi connectivity index (χ1v) is 16.2. The van der Waals surface area contributed by atoms with Crippen molar-refractivity contribution in [3.63, 3.8) is 0 Å². The van der Waals surface area contributed by atoms with E-state index in [9.17, 15) is 5.26 Å². The summed E-state index contributed by atoms with van der Waals surface area (Å²) in [5, 5.41) is 11.7. The summed E-state index contributed by atoms with van der Waals surface area (Å²) < 4.78 is 0. The van der Waals surface area contributed by atoms with Gasteiger partial charge in [0.05, 0.1) is 11.6 Å². The summed E-state index contributed by atoms with van der Waals surface area (Å²) in [6.45, 7) is 0. The van der Waals surface area contributed by atoms with Crippen LogP contribution in [0, 0.1) is 11.3 Å². The highest BCUT2D eigenvalue weighted by atomic mass is 14.2. The van der Waals surface area contributed by atoms with E-state index >= 15 is 0 Å². The molecular formula is C47H31N. The molecule has 0 saturated heterocycles. The topological polar surface area (TPSA) is 23.8 Å². The van der Waals surface area contributed by atoms with Crippen LogP contribution in [0.1, 0.15) is 5.56 Å². The lowest BCUT2D eigenvalue weighted by atomic mass is 9.89. The third-order valence-corrected chi connectivity index (χ3v) is 9.12. The van der Waals surface area contributed by atoms with Crippen LogP contribution >= 0.6 is 0 Å². The van der Waals surface area contributed by atoms with Gasteiger partial charge in [-0.25, -0.2) is 0 Å². The maximum atomic E-state index is 9.28. The van der Waals surface area contributed by atoms with E-state index in [1.54, 1.807) is 0 Å². The van der Waals surface area contributed by atoms with Gasteiger partial charge in [-0.1, -0.05) is 152 Å². The first-order chi connectivity index (χ1) is 23.7. The molecule has 0 heterocycles. The van der Waals surface area contributed by atoms with E-state index in [-0.39, 0.29) is 0 Å². The van der Waals surface area contributed by atoms with Crippen LogP contribution in [0.4, 0.5) is 0 Å². The standard InChI is InChI=1S/C47H31N/c48-32-33-18-20-38(21-19-33)44-26-27-45(47-17-8-7-16-46(44)47)40-15-9-14-39(28-40)43-30-41(35-12-5-2-6-13-35)29-42(31-43)37-24-22-36(23-25-37)34-10-3-1-4-11-34/h1-31H. The molecular weight excluding hydrogens is 579 g/mol. The number of rotatable bonds is 6. The molecule has 0 aliphatic carbocycles. The zero-order chi connectivity index (χ0) is 32.3. The molecule has 0 aliphatic heterocycles. The molecule has 0 atom stereocenters. The Morgan fingerprint density at radius 2 is 0.646 bits per heavy atom. The van der Waals surface area contributed by atoms with E-state index in [2.05, 4.69) is 170 Å². The smallest absolute Gasteiger partial charge is 0.0991 e. The molecule has 224 valence electrons. The van der Waals surface area contributed by atoms with Gasteiger partial charge in [-0.2, -0.15) is 5.26 Å². The number of hydrogen-bond donors (Lipinski definition) is 0. The van der Waals surface area contributed by atoms with Gasteiger partial charge >= 0.3 is 0 Å². The van der Waals surface area contributed by atoms with Crippen LogP contribution in [0.2, 0.25) is 0 Å². The highest BCUT2D eigenvalue weighted by molar-refractivity contribution is 6.05. The fourth-order valence-corrected chi connectivity index (χ4v) is 6.64. The lowest BCUT2D eigenvalue weighted by Crippen LogP contribution is -1.89. The molecule has 0 fully saturated rings. The molecule has 0 aliphatic rings. The summed E-state index contributed by atoms with van der Waals surface area (Å²) >= 11 is 0. The second kappa shape index (κ2) is 12.7. The number of fused-ring (bicyclic) bond motifs is 1. The monoisotopic (exact) mass is 609 g/mol. The van der Waals surface area contributed by atoms with E-state index in [0.29, 0.717) is 5.56 Å². The van der Waals surface area contributed by atoms with Crippen molar-refractivity contribution in [1.29, 1.82) is 5.26 Å². The third-order valence-electron chi connectivity index (χ3n) is 9.12. The van der Waals surface area contributed by atoms with E-state index in [4.69, 9.17) is 0 Å². The lowest BCUT2D eigenvalue weighted by molar-refractivity contribution is 1.48. The summed E-state index contributed by atoms with van der Waals surface area (Å²) in [4.78, 5) is 0. The summed E-state index contributed by atoms with van der Waals surface area (Å²) in [6.07, 6.45) is 0. The molecule has 0 aromatic heterocycles.